The lowest BCUT2D eigenvalue weighted by Crippen LogP contribution is -2.30. The van der Waals surface area contributed by atoms with E-state index < -0.39 is 0 Å². The van der Waals surface area contributed by atoms with E-state index in [-0.39, 0.29) is 0 Å². The van der Waals surface area contributed by atoms with Crippen molar-refractivity contribution in [2.24, 2.45) is 0 Å². The predicted molar refractivity (Wildman–Crippen MR) is 63.1 cm³/mol. The summed E-state index contributed by atoms with van der Waals surface area (Å²) < 4.78 is 5.43. The van der Waals surface area contributed by atoms with Crippen molar-refractivity contribution in [1.29, 1.82) is 0 Å². The summed E-state index contributed by atoms with van der Waals surface area (Å²) in [5.74, 6) is 0. The van der Waals surface area contributed by atoms with Crippen molar-refractivity contribution in [1.82, 2.24) is 0 Å². The van der Waals surface area contributed by atoms with Gasteiger partial charge in [0, 0.05) is 24.0 Å². The Balaban J connectivity index is 2.06. The zero-order chi connectivity index (χ0) is 10.7. The Morgan fingerprint density at radius 2 is 2.33 bits per heavy atom. The first-order valence-corrected chi connectivity index (χ1v) is 5.47. The van der Waals surface area contributed by atoms with E-state index in [1.54, 1.807) is 0 Å². The van der Waals surface area contributed by atoms with Gasteiger partial charge in [0.25, 0.3) is 0 Å². The Kier molecular flexibility index (Phi) is 3.11. The van der Waals surface area contributed by atoms with E-state index in [1.807, 2.05) is 19.1 Å². The molecule has 0 aliphatic carbocycles. The molecule has 1 atom stereocenters. The number of anilines is 2. The zero-order valence-electron chi connectivity index (χ0n) is 9.12. The predicted octanol–water partition coefficient (Wildman–Crippen LogP) is 2.17. The van der Waals surface area contributed by atoms with Gasteiger partial charge in [-0.05, 0) is 37.5 Å². The zero-order valence-corrected chi connectivity index (χ0v) is 9.12. The Labute approximate surface area is 90.6 Å². The summed E-state index contributed by atoms with van der Waals surface area (Å²) in [6.07, 6.45) is 2.31. The van der Waals surface area contributed by atoms with Crippen LogP contribution in [0, 0.1) is 6.92 Å². The van der Waals surface area contributed by atoms with Crippen molar-refractivity contribution in [3.63, 3.8) is 0 Å². The minimum atomic E-state index is 0.430. The molecule has 0 saturated carbocycles. The summed E-state index contributed by atoms with van der Waals surface area (Å²) in [6, 6.07) is 6.41. The first-order valence-electron chi connectivity index (χ1n) is 5.47. The van der Waals surface area contributed by atoms with Gasteiger partial charge in [-0.1, -0.05) is 6.07 Å². The summed E-state index contributed by atoms with van der Waals surface area (Å²) in [4.78, 5) is 0. The van der Waals surface area contributed by atoms with E-state index in [0.29, 0.717) is 6.04 Å². The van der Waals surface area contributed by atoms with Crippen LogP contribution in [0.2, 0.25) is 0 Å². The van der Waals surface area contributed by atoms with Crippen LogP contribution in [0.1, 0.15) is 18.4 Å². The Bertz CT molecular complexity index is 332. The van der Waals surface area contributed by atoms with Crippen LogP contribution in [0.4, 0.5) is 11.4 Å². The van der Waals surface area contributed by atoms with Crippen LogP contribution >= 0.6 is 0 Å². The highest BCUT2D eigenvalue weighted by Gasteiger charge is 2.14. The first-order chi connectivity index (χ1) is 7.27. The van der Waals surface area contributed by atoms with Gasteiger partial charge in [0.2, 0.25) is 0 Å². The van der Waals surface area contributed by atoms with Crippen LogP contribution in [-0.4, -0.2) is 19.3 Å². The third-order valence-corrected chi connectivity index (χ3v) is 2.90. The molecule has 3 N–H and O–H groups in total. The van der Waals surface area contributed by atoms with E-state index >= 15 is 0 Å². The highest BCUT2D eigenvalue weighted by atomic mass is 16.5. The highest BCUT2D eigenvalue weighted by molar-refractivity contribution is 5.63. The van der Waals surface area contributed by atoms with Crippen molar-refractivity contribution in [2.75, 3.05) is 24.3 Å². The standard InChI is InChI=1S/C12H18N2O/c1-9-11(13)5-2-6-12(9)14-10-4-3-7-15-8-10/h2,5-6,10,14H,3-4,7-8,13H2,1H3. The number of hydrogen-bond acceptors (Lipinski definition) is 3. The maximum Gasteiger partial charge on any atom is 0.0667 e. The van der Waals surface area contributed by atoms with E-state index in [2.05, 4.69) is 11.4 Å². The van der Waals surface area contributed by atoms with E-state index in [1.165, 1.54) is 6.42 Å². The molecule has 15 heavy (non-hydrogen) atoms. The lowest BCUT2D eigenvalue weighted by atomic mass is 10.1. The molecule has 1 aromatic rings. The molecule has 3 nitrogen and oxygen atoms in total. The van der Waals surface area contributed by atoms with E-state index in [4.69, 9.17) is 10.5 Å². The Morgan fingerprint density at radius 1 is 1.47 bits per heavy atom. The Hall–Kier alpha value is -1.22. The molecule has 2 rings (SSSR count). The quantitative estimate of drug-likeness (QED) is 0.729. The van der Waals surface area contributed by atoms with Crippen molar-refractivity contribution in [3.05, 3.63) is 23.8 Å². The van der Waals surface area contributed by atoms with Crippen molar-refractivity contribution in [3.8, 4) is 0 Å². The molecule has 1 fully saturated rings. The number of ether oxygens (including phenoxy) is 1. The number of nitrogen functional groups attached to an aromatic ring is 1. The number of hydrogen-bond donors (Lipinski definition) is 2. The first kappa shape index (κ1) is 10.3. The fourth-order valence-corrected chi connectivity index (χ4v) is 1.88. The van der Waals surface area contributed by atoms with Crippen LogP contribution in [0.5, 0.6) is 0 Å². The number of nitrogens with two attached hydrogens (primary N) is 1. The van der Waals surface area contributed by atoms with Crippen molar-refractivity contribution < 1.29 is 4.74 Å². The molecule has 1 aliphatic rings. The number of benzene rings is 1. The molecule has 0 radical (unpaired) electrons. The normalized spacial score (nSPS) is 21.3. The molecular weight excluding hydrogens is 188 g/mol. The maximum absolute atomic E-state index is 5.85. The van der Waals surface area contributed by atoms with Gasteiger partial charge in [0.1, 0.15) is 0 Å². The number of rotatable bonds is 2. The molecule has 0 bridgehead atoms. The molecular formula is C12H18N2O. The monoisotopic (exact) mass is 206 g/mol. The minimum Gasteiger partial charge on any atom is -0.398 e. The molecule has 1 unspecified atom stereocenters. The molecule has 1 heterocycles. The van der Waals surface area contributed by atoms with Gasteiger partial charge in [-0.15, -0.1) is 0 Å². The Morgan fingerprint density at radius 3 is 3.07 bits per heavy atom. The van der Waals surface area contributed by atoms with Crippen LogP contribution in [0.25, 0.3) is 0 Å². The van der Waals surface area contributed by atoms with Crippen LogP contribution in [0.3, 0.4) is 0 Å². The van der Waals surface area contributed by atoms with Crippen molar-refractivity contribution >= 4 is 11.4 Å². The average molecular weight is 206 g/mol. The molecule has 82 valence electrons. The minimum absolute atomic E-state index is 0.430. The van der Waals surface area contributed by atoms with Crippen LogP contribution in [0.15, 0.2) is 18.2 Å². The summed E-state index contributed by atoms with van der Waals surface area (Å²) in [5.41, 5.74) is 8.96. The topological polar surface area (TPSA) is 47.3 Å². The molecule has 1 aromatic carbocycles. The number of nitrogens with one attached hydrogen (secondary N) is 1. The van der Waals surface area contributed by atoms with Gasteiger partial charge in [-0.25, -0.2) is 0 Å². The summed E-state index contributed by atoms with van der Waals surface area (Å²) in [7, 11) is 0. The molecule has 0 aromatic heterocycles. The third kappa shape index (κ3) is 2.42. The fraction of sp³-hybridized carbons (Fsp3) is 0.500. The summed E-state index contributed by atoms with van der Waals surface area (Å²) in [6.45, 7) is 3.74. The van der Waals surface area contributed by atoms with Gasteiger partial charge in [-0.2, -0.15) is 0 Å². The molecule has 1 saturated heterocycles. The second kappa shape index (κ2) is 4.53. The smallest absolute Gasteiger partial charge is 0.0667 e. The maximum atomic E-state index is 5.85. The average Bonchev–Trinajstić information content (AvgIpc) is 2.26. The molecule has 0 amide bonds. The SMILES string of the molecule is Cc1c(N)cccc1NC1CCCOC1. The van der Waals surface area contributed by atoms with Gasteiger partial charge < -0.3 is 15.8 Å². The fourth-order valence-electron chi connectivity index (χ4n) is 1.88. The molecule has 1 aliphatic heterocycles. The second-order valence-electron chi connectivity index (χ2n) is 4.08. The van der Waals surface area contributed by atoms with Crippen LogP contribution in [-0.2, 0) is 4.74 Å². The lowest BCUT2D eigenvalue weighted by molar-refractivity contribution is 0.0876. The van der Waals surface area contributed by atoms with Crippen LogP contribution < -0.4 is 11.1 Å². The van der Waals surface area contributed by atoms with Gasteiger partial charge >= 0.3 is 0 Å². The molecule has 0 spiro atoms. The van der Waals surface area contributed by atoms with E-state index in [0.717, 1.165) is 36.6 Å². The molecule has 3 heteroatoms. The summed E-state index contributed by atoms with van der Waals surface area (Å²) in [5, 5.41) is 3.48. The second-order valence-corrected chi connectivity index (χ2v) is 4.08. The summed E-state index contributed by atoms with van der Waals surface area (Å²) >= 11 is 0. The largest absolute Gasteiger partial charge is 0.398 e. The highest BCUT2D eigenvalue weighted by Crippen LogP contribution is 2.22. The van der Waals surface area contributed by atoms with Gasteiger partial charge in [-0.3, -0.25) is 0 Å². The van der Waals surface area contributed by atoms with Crippen molar-refractivity contribution in [2.45, 2.75) is 25.8 Å². The third-order valence-electron chi connectivity index (χ3n) is 2.90. The lowest BCUT2D eigenvalue weighted by Gasteiger charge is -2.25. The van der Waals surface area contributed by atoms with Gasteiger partial charge in [0.05, 0.1) is 6.61 Å². The van der Waals surface area contributed by atoms with Gasteiger partial charge in [0.15, 0.2) is 0 Å². The van der Waals surface area contributed by atoms with E-state index in [9.17, 15) is 0 Å².